The predicted molar refractivity (Wildman–Crippen MR) is 76.0 cm³/mol. The van der Waals surface area contributed by atoms with E-state index in [1.54, 1.807) is 7.11 Å². The molecule has 1 aromatic rings. The van der Waals surface area contributed by atoms with Crippen LogP contribution >= 0.6 is 0 Å². The van der Waals surface area contributed by atoms with Crippen LogP contribution in [0.2, 0.25) is 0 Å². The van der Waals surface area contributed by atoms with E-state index in [-0.39, 0.29) is 5.60 Å². The van der Waals surface area contributed by atoms with Gasteiger partial charge in [-0.05, 0) is 39.2 Å². The first-order chi connectivity index (χ1) is 9.14. The van der Waals surface area contributed by atoms with Gasteiger partial charge in [-0.15, -0.1) is 0 Å². The quantitative estimate of drug-likeness (QED) is 0.887. The summed E-state index contributed by atoms with van der Waals surface area (Å²) < 4.78 is 5.60. The Morgan fingerprint density at radius 2 is 2.26 bits per heavy atom. The van der Waals surface area contributed by atoms with Crippen LogP contribution in [0.5, 0.6) is 0 Å². The Morgan fingerprint density at radius 3 is 2.89 bits per heavy atom. The summed E-state index contributed by atoms with van der Waals surface area (Å²) in [6, 6.07) is 0.415. The van der Waals surface area contributed by atoms with Gasteiger partial charge in [0.25, 0.3) is 0 Å². The molecule has 4 heteroatoms. The number of aryl methyl sites for hydroxylation is 1. The van der Waals surface area contributed by atoms with Crippen molar-refractivity contribution in [1.82, 2.24) is 15.3 Å². The van der Waals surface area contributed by atoms with Gasteiger partial charge < -0.3 is 10.1 Å². The minimum absolute atomic E-state index is 0.375. The SMILES string of the molecule is CCNC1CCCc2nc(C(C)(CC)OC)ncc21. The first kappa shape index (κ1) is 14.4. The molecule has 0 aliphatic heterocycles. The van der Waals surface area contributed by atoms with Gasteiger partial charge in [0, 0.05) is 30.6 Å². The van der Waals surface area contributed by atoms with Crippen molar-refractivity contribution in [3.8, 4) is 0 Å². The van der Waals surface area contributed by atoms with Crippen LogP contribution in [-0.4, -0.2) is 23.6 Å². The van der Waals surface area contributed by atoms with E-state index < -0.39 is 0 Å². The van der Waals surface area contributed by atoms with Crippen molar-refractivity contribution in [1.29, 1.82) is 0 Å². The van der Waals surface area contributed by atoms with Crippen LogP contribution < -0.4 is 5.32 Å². The van der Waals surface area contributed by atoms with E-state index >= 15 is 0 Å². The minimum atomic E-state index is -0.375. The molecular weight excluding hydrogens is 238 g/mol. The molecule has 0 aromatic carbocycles. The molecule has 19 heavy (non-hydrogen) atoms. The molecule has 1 aliphatic rings. The molecule has 0 spiro atoms. The third-order valence-electron chi connectivity index (χ3n) is 4.23. The molecule has 2 unspecified atom stereocenters. The van der Waals surface area contributed by atoms with Gasteiger partial charge in [0.15, 0.2) is 5.82 Å². The monoisotopic (exact) mass is 263 g/mol. The second kappa shape index (κ2) is 5.97. The number of nitrogens with zero attached hydrogens (tertiary/aromatic N) is 2. The summed E-state index contributed by atoms with van der Waals surface area (Å²) in [5.74, 6) is 0.813. The lowest BCUT2D eigenvalue weighted by atomic mass is 9.91. The third-order valence-corrected chi connectivity index (χ3v) is 4.23. The maximum atomic E-state index is 5.60. The highest BCUT2D eigenvalue weighted by atomic mass is 16.5. The zero-order valence-electron chi connectivity index (χ0n) is 12.5. The van der Waals surface area contributed by atoms with Gasteiger partial charge in [-0.2, -0.15) is 0 Å². The van der Waals surface area contributed by atoms with Crippen LogP contribution in [-0.2, 0) is 16.8 Å². The fourth-order valence-electron chi connectivity index (χ4n) is 2.65. The zero-order chi connectivity index (χ0) is 13.9. The lowest BCUT2D eigenvalue weighted by Gasteiger charge is -2.29. The van der Waals surface area contributed by atoms with Gasteiger partial charge >= 0.3 is 0 Å². The van der Waals surface area contributed by atoms with E-state index in [0.29, 0.717) is 6.04 Å². The number of hydrogen-bond donors (Lipinski definition) is 1. The Morgan fingerprint density at radius 1 is 1.47 bits per heavy atom. The van der Waals surface area contributed by atoms with Gasteiger partial charge in [-0.3, -0.25) is 0 Å². The highest BCUT2D eigenvalue weighted by molar-refractivity contribution is 5.25. The first-order valence-corrected chi connectivity index (χ1v) is 7.29. The van der Waals surface area contributed by atoms with Crippen molar-refractivity contribution in [2.24, 2.45) is 0 Å². The van der Waals surface area contributed by atoms with Crippen molar-refractivity contribution in [2.75, 3.05) is 13.7 Å². The van der Waals surface area contributed by atoms with E-state index in [1.165, 1.54) is 24.1 Å². The number of fused-ring (bicyclic) bond motifs is 1. The molecule has 1 heterocycles. The number of hydrogen-bond acceptors (Lipinski definition) is 4. The molecule has 0 bridgehead atoms. The molecule has 4 nitrogen and oxygen atoms in total. The molecule has 0 fully saturated rings. The Kier molecular flexibility index (Phi) is 4.53. The molecule has 2 atom stereocenters. The van der Waals surface area contributed by atoms with Crippen molar-refractivity contribution in [3.63, 3.8) is 0 Å². The number of methoxy groups -OCH3 is 1. The smallest absolute Gasteiger partial charge is 0.160 e. The Hall–Kier alpha value is -1.00. The predicted octanol–water partition coefficient (Wildman–Crippen LogP) is 2.74. The summed E-state index contributed by atoms with van der Waals surface area (Å²) in [5, 5.41) is 3.52. The highest BCUT2D eigenvalue weighted by Crippen LogP contribution is 2.31. The largest absolute Gasteiger partial charge is 0.371 e. The Balaban J connectivity index is 2.33. The average molecular weight is 263 g/mol. The number of ether oxygens (including phenoxy) is 1. The van der Waals surface area contributed by atoms with Crippen LogP contribution in [0.3, 0.4) is 0 Å². The molecule has 1 aliphatic carbocycles. The fourth-order valence-corrected chi connectivity index (χ4v) is 2.65. The number of nitrogens with one attached hydrogen (secondary N) is 1. The average Bonchev–Trinajstić information content (AvgIpc) is 2.46. The summed E-state index contributed by atoms with van der Waals surface area (Å²) >= 11 is 0. The van der Waals surface area contributed by atoms with Crippen LogP contribution in [0.25, 0.3) is 0 Å². The third kappa shape index (κ3) is 2.79. The van der Waals surface area contributed by atoms with Crippen LogP contribution in [0.1, 0.15) is 63.2 Å². The second-order valence-electron chi connectivity index (χ2n) is 5.39. The Bertz CT molecular complexity index is 429. The first-order valence-electron chi connectivity index (χ1n) is 7.29. The van der Waals surface area contributed by atoms with E-state index in [0.717, 1.165) is 25.2 Å². The zero-order valence-corrected chi connectivity index (χ0v) is 12.5. The van der Waals surface area contributed by atoms with Crippen LogP contribution in [0, 0.1) is 0 Å². The van der Waals surface area contributed by atoms with E-state index in [1.807, 2.05) is 6.20 Å². The standard InChI is InChI=1S/C15H25N3O/c1-5-15(3,19-4)14-17-10-11-12(16-6-2)8-7-9-13(11)18-14/h10,12,16H,5-9H2,1-4H3. The van der Waals surface area contributed by atoms with E-state index in [9.17, 15) is 0 Å². The maximum absolute atomic E-state index is 5.60. The molecule has 0 saturated carbocycles. The van der Waals surface area contributed by atoms with Crippen molar-refractivity contribution in [3.05, 3.63) is 23.3 Å². The number of aromatic nitrogens is 2. The summed E-state index contributed by atoms with van der Waals surface area (Å²) in [5.41, 5.74) is 2.09. The maximum Gasteiger partial charge on any atom is 0.160 e. The summed E-state index contributed by atoms with van der Waals surface area (Å²) in [6.07, 6.45) is 6.29. The molecular formula is C15H25N3O. The van der Waals surface area contributed by atoms with Crippen molar-refractivity contribution < 1.29 is 4.74 Å². The summed E-state index contributed by atoms with van der Waals surface area (Å²) in [7, 11) is 1.73. The number of rotatable bonds is 5. The van der Waals surface area contributed by atoms with Gasteiger partial charge in [0.2, 0.25) is 0 Å². The topological polar surface area (TPSA) is 47.0 Å². The van der Waals surface area contributed by atoms with Crippen molar-refractivity contribution >= 4 is 0 Å². The molecule has 1 aromatic heterocycles. The highest BCUT2D eigenvalue weighted by Gasteiger charge is 2.30. The van der Waals surface area contributed by atoms with Gasteiger partial charge in [0.05, 0.1) is 0 Å². The van der Waals surface area contributed by atoms with Crippen LogP contribution in [0.15, 0.2) is 6.20 Å². The van der Waals surface area contributed by atoms with Crippen molar-refractivity contribution in [2.45, 2.75) is 58.1 Å². The fraction of sp³-hybridized carbons (Fsp3) is 0.733. The molecule has 1 N–H and O–H groups in total. The molecule has 0 radical (unpaired) electrons. The Labute approximate surface area is 116 Å². The minimum Gasteiger partial charge on any atom is -0.371 e. The molecule has 106 valence electrons. The van der Waals surface area contributed by atoms with Gasteiger partial charge in [0.1, 0.15) is 5.60 Å². The summed E-state index contributed by atoms with van der Waals surface area (Å²) in [6.45, 7) is 7.28. The van der Waals surface area contributed by atoms with E-state index in [2.05, 4.69) is 31.1 Å². The lowest BCUT2D eigenvalue weighted by molar-refractivity contribution is -0.00927. The molecule has 0 amide bonds. The second-order valence-corrected chi connectivity index (χ2v) is 5.39. The van der Waals surface area contributed by atoms with Gasteiger partial charge in [-0.1, -0.05) is 13.8 Å². The molecule has 2 rings (SSSR count). The van der Waals surface area contributed by atoms with Crippen LogP contribution in [0.4, 0.5) is 0 Å². The van der Waals surface area contributed by atoms with E-state index in [4.69, 9.17) is 9.72 Å². The molecule has 0 saturated heterocycles. The lowest BCUT2D eigenvalue weighted by Crippen LogP contribution is -2.30. The normalized spacial score (nSPS) is 21.8. The van der Waals surface area contributed by atoms with Gasteiger partial charge in [-0.25, -0.2) is 9.97 Å². The summed E-state index contributed by atoms with van der Waals surface area (Å²) in [4.78, 5) is 9.35.